The molecule has 0 aliphatic heterocycles. The second-order valence-electron chi connectivity index (χ2n) is 6.63. The number of thiazole rings is 1. The van der Waals surface area contributed by atoms with Crippen LogP contribution >= 0.6 is 23.1 Å². The van der Waals surface area contributed by atoms with E-state index in [1.165, 1.54) is 29.7 Å². The lowest BCUT2D eigenvalue weighted by Crippen LogP contribution is -2.14. The van der Waals surface area contributed by atoms with Crippen LogP contribution in [0.5, 0.6) is 0 Å². The molecule has 1 aromatic carbocycles. The van der Waals surface area contributed by atoms with Crippen LogP contribution in [0.25, 0.3) is 0 Å². The van der Waals surface area contributed by atoms with Crippen LogP contribution in [0.4, 0.5) is 5.69 Å². The molecule has 3 rings (SSSR count). The zero-order valence-corrected chi connectivity index (χ0v) is 17.9. The van der Waals surface area contributed by atoms with Gasteiger partial charge in [0.1, 0.15) is 11.3 Å². The number of amides is 1. The predicted molar refractivity (Wildman–Crippen MR) is 115 cm³/mol. The van der Waals surface area contributed by atoms with Crippen LogP contribution in [0, 0.1) is 6.92 Å². The average molecular weight is 416 g/mol. The Labute approximate surface area is 173 Å². The summed E-state index contributed by atoms with van der Waals surface area (Å²) in [6.45, 7) is 5.17. The zero-order chi connectivity index (χ0) is 19.8. The van der Waals surface area contributed by atoms with Crippen molar-refractivity contribution < 1.29 is 4.79 Å². The van der Waals surface area contributed by atoms with Gasteiger partial charge in [0.05, 0.1) is 12.1 Å². The molecule has 0 aliphatic rings. The normalized spacial score (nSPS) is 10.9. The minimum atomic E-state index is -0.0481. The molecular weight excluding hydrogens is 390 g/mol. The first-order chi connectivity index (χ1) is 13.6. The van der Waals surface area contributed by atoms with E-state index in [-0.39, 0.29) is 12.3 Å². The minimum Gasteiger partial charge on any atom is -0.326 e. The maximum absolute atomic E-state index is 12.2. The van der Waals surface area contributed by atoms with Crippen LogP contribution in [0.2, 0.25) is 0 Å². The molecule has 0 spiro atoms. The van der Waals surface area contributed by atoms with Gasteiger partial charge >= 0.3 is 0 Å². The minimum absolute atomic E-state index is 0.0481. The van der Waals surface area contributed by atoms with Crippen LogP contribution in [-0.4, -0.2) is 25.7 Å². The van der Waals surface area contributed by atoms with E-state index in [0.717, 1.165) is 40.3 Å². The number of thioether (sulfide) groups is 1. The van der Waals surface area contributed by atoms with Gasteiger partial charge in [-0.25, -0.2) is 4.98 Å². The molecular formula is C20H25N5OS2. The number of anilines is 1. The number of aryl methyl sites for hydroxylation is 2. The van der Waals surface area contributed by atoms with Gasteiger partial charge in [0.2, 0.25) is 5.91 Å². The molecule has 0 fully saturated rings. The molecule has 28 heavy (non-hydrogen) atoms. The fraction of sp³-hybridized carbons (Fsp3) is 0.400. The highest BCUT2D eigenvalue weighted by atomic mass is 32.2. The van der Waals surface area contributed by atoms with Crippen LogP contribution < -0.4 is 5.32 Å². The first kappa shape index (κ1) is 20.5. The summed E-state index contributed by atoms with van der Waals surface area (Å²) in [7, 11) is 0. The molecule has 2 aromatic heterocycles. The van der Waals surface area contributed by atoms with Crippen molar-refractivity contribution in [1.82, 2.24) is 19.7 Å². The molecule has 1 N–H and O–H groups in total. The number of nitrogens with one attached hydrogen (secondary N) is 1. The second-order valence-corrected chi connectivity index (χ2v) is 8.51. The third-order valence-electron chi connectivity index (χ3n) is 4.18. The molecule has 0 bridgehead atoms. The molecule has 148 valence electrons. The Hall–Kier alpha value is -2.19. The summed E-state index contributed by atoms with van der Waals surface area (Å²) in [5.74, 6) is 0.677. The topological polar surface area (TPSA) is 72.7 Å². The zero-order valence-electron chi connectivity index (χ0n) is 16.2. The van der Waals surface area contributed by atoms with E-state index in [1.54, 1.807) is 18.1 Å². The van der Waals surface area contributed by atoms with Gasteiger partial charge in [0.15, 0.2) is 5.16 Å². The van der Waals surface area contributed by atoms with E-state index in [0.29, 0.717) is 0 Å². The van der Waals surface area contributed by atoms with Crippen molar-refractivity contribution >= 4 is 34.7 Å². The summed E-state index contributed by atoms with van der Waals surface area (Å²) in [4.78, 5) is 16.8. The Morgan fingerprint density at radius 2 is 2.07 bits per heavy atom. The second kappa shape index (κ2) is 10.4. The number of rotatable bonds is 10. The molecule has 0 saturated heterocycles. The van der Waals surface area contributed by atoms with Gasteiger partial charge in [-0.3, -0.25) is 4.79 Å². The number of unbranched alkanes of at least 4 members (excludes halogenated alkanes) is 2. The number of hydrogen-bond donors (Lipinski definition) is 1. The highest BCUT2D eigenvalue weighted by molar-refractivity contribution is 7.98. The fourth-order valence-electron chi connectivity index (χ4n) is 2.66. The largest absolute Gasteiger partial charge is 0.326 e. The molecule has 8 heteroatoms. The SMILES string of the molecule is CCCCCn1cnnc1SCc1csc(CC(=O)Nc2ccc(C)cc2)n1. The Morgan fingerprint density at radius 1 is 1.25 bits per heavy atom. The summed E-state index contributed by atoms with van der Waals surface area (Å²) < 4.78 is 2.10. The van der Waals surface area contributed by atoms with Gasteiger partial charge in [-0.15, -0.1) is 21.5 Å². The van der Waals surface area contributed by atoms with Crippen LogP contribution in [0.3, 0.4) is 0 Å². The molecule has 0 saturated carbocycles. The molecule has 0 unspecified atom stereocenters. The van der Waals surface area contributed by atoms with Crippen molar-refractivity contribution in [2.75, 3.05) is 5.32 Å². The Morgan fingerprint density at radius 3 is 2.86 bits per heavy atom. The number of carbonyl (C=O) groups excluding carboxylic acids is 1. The summed E-state index contributed by atoms with van der Waals surface area (Å²) in [5.41, 5.74) is 2.95. The lowest BCUT2D eigenvalue weighted by atomic mass is 10.2. The molecule has 0 aliphatic carbocycles. The average Bonchev–Trinajstić information content (AvgIpc) is 3.31. The standard InChI is InChI=1S/C20H25N5OS2/c1-3-4-5-10-25-14-21-24-20(25)28-13-17-12-27-19(23-17)11-18(26)22-16-8-6-15(2)7-9-16/h6-9,12,14H,3-5,10-11,13H2,1-2H3,(H,22,26). The van der Waals surface area contributed by atoms with Crippen molar-refractivity contribution in [3.8, 4) is 0 Å². The molecule has 6 nitrogen and oxygen atoms in total. The predicted octanol–water partition coefficient (Wildman–Crippen LogP) is 4.71. The fourth-order valence-corrected chi connectivity index (χ4v) is 4.39. The number of aromatic nitrogens is 4. The van der Waals surface area contributed by atoms with Gasteiger partial charge in [-0.2, -0.15) is 0 Å². The monoisotopic (exact) mass is 415 g/mol. The van der Waals surface area contributed by atoms with E-state index in [2.05, 4.69) is 32.0 Å². The Bertz CT molecular complexity index is 888. The number of hydrogen-bond acceptors (Lipinski definition) is 6. The van der Waals surface area contributed by atoms with Gasteiger partial charge in [-0.05, 0) is 25.5 Å². The molecule has 0 atom stereocenters. The molecule has 2 heterocycles. The smallest absolute Gasteiger partial charge is 0.231 e. The molecule has 0 radical (unpaired) electrons. The van der Waals surface area contributed by atoms with Crippen LogP contribution in [0.15, 0.2) is 41.1 Å². The number of nitrogens with zero attached hydrogens (tertiary/aromatic N) is 4. The van der Waals surface area contributed by atoms with E-state index < -0.39 is 0 Å². The number of benzene rings is 1. The van der Waals surface area contributed by atoms with E-state index in [9.17, 15) is 4.79 Å². The number of carbonyl (C=O) groups is 1. The van der Waals surface area contributed by atoms with Gasteiger partial charge in [-0.1, -0.05) is 49.2 Å². The van der Waals surface area contributed by atoms with Crippen molar-refractivity contribution in [2.24, 2.45) is 0 Å². The lowest BCUT2D eigenvalue weighted by molar-refractivity contribution is -0.115. The van der Waals surface area contributed by atoms with Crippen molar-refractivity contribution in [2.45, 2.75) is 57.0 Å². The maximum atomic E-state index is 12.2. The van der Waals surface area contributed by atoms with Crippen molar-refractivity contribution in [3.05, 3.63) is 52.2 Å². The maximum Gasteiger partial charge on any atom is 0.231 e. The summed E-state index contributed by atoms with van der Waals surface area (Å²) in [6.07, 6.45) is 5.63. The lowest BCUT2D eigenvalue weighted by Gasteiger charge is -2.05. The van der Waals surface area contributed by atoms with Crippen molar-refractivity contribution in [1.29, 1.82) is 0 Å². The highest BCUT2D eigenvalue weighted by Crippen LogP contribution is 2.22. The van der Waals surface area contributed by atoms with E-state index in [4.69, 9.17) is 0 Å². The third-order valence-corrected chi connectivity index (χ3v) is 6.09. The van der Waals surface area contributed by atoms with E-state index >= 15 is 0 Å². The van der Waals surface area contributed by atoms with Gasteiger partial charge in [0, 0.05) is 23.4 Å². The molecule has 1 amide bonds. The Kier molecular flexibility index (Phi) is 7.62. The van der Waals surface area contributed by atoms with Gasteiger partial charge < -0.3 is 9.88 Å². The first-order valence-corrected chi connectivity index (χ1v) is 11.3. The quantitative estimate of drug-likeness (QED) is 0.384. The summed E-state index contributed by atoms with van der Waals surface area (Å²) in [5, 5.41) is 14.9. The third kappa shape index (κ3) is 6.17. The Balaban J connectivity index is 1.48. The molecule has 3 aromatic rings. The summed E-state index contributed by atoms with van der Waals surface area (Å²) in [6, 6.07) is 7.78. The highest BCUT2D eigenvalue weighted by Gasteiger charge is 2.11. The first-order valence-electron chi connectivity index (χ1n) is 9.44. The van der Waals surface area contributed by atoms with Crippen LogP contribution in [-0.2, 0) is 23.5 Å². The van der Waals surface area contributed by atoms with Crippen molar-refractivity contribution in [3.63, 3.8) is 0 Å². The van der Waals surface area contributed by atoms with Crippen LogP contribution in [0.1, 0.15) is 42.5 Å². The van der Waals surface area contributed by atoms with Gasteiger partial charge in [0.25, 0.3) is 0 Å². The summed E-state index contributed by atoms with van der Waals surface area (Å²) >= 11 is 3.16. The van der Waals surface area contributed by atoms with E-state index in [1.807, 2.05) is 36.6 Å².